The summed E-state index contributed by atoms with van der Waals surface area (Å²) in [5.41, 5.74) is 7.95. The summed E-state index contributed by atoms with van der Waals surface area (Å²) in [6, 6.07) is 6.15. The van der Waals surface area contributed by atoms with Crippen molar-refractivity contribution in [1.29, 1.82) is 0 Å². The number of rotatable bonds is 2. The lowest BCUT2D eigenvalue weighted by Gasteiger charge is -2.25. The van der Waals surface area contributed by atoms with E-state index in [4.69, 9.17) is 18.0 Å². The zero-order chi connectivity index (χ0) is 13.1. The van der Waals surface area contributed by atoms with Crippen molar-refractivity contribution in [2.75, 3.05) is 38.1 Å². The fourth-order valence-corrected chi connectivity index (χ4v) is 2.79. The van der Waals surface area contributed by atoms with Gasteiger partial charge in [-0.1, -0.05) is 28.1 Å². The van der Waals surface area contributed by atoms with Crippen LogP contribution >= 0.6 is 28.1 Å². The van der Waals surface area contributed by atoms with Crippen LogP contribution in [0.4, 0.5) is 5.69 Å². The second-order valence-electron chi connectivity index (χ2n) is 4.67. The third-order valence-electron chi connectivity index (χ3n) is 3.28. The minimum absolute atomic E-state index is 0.462. The molecule has 2 rings (SSSR count). The average Bonchev–Trinajstić information content (AvgIpc) is 2.54. The van der Waals surface area contributed by atoms with Crippen molar-refractivity contribution >= 4 is 38.8 Å². The van der Waals surface area contributed by atoms with Crippen molar-refractivity contribution in [2.45, 2.75) is 6.42 Å². The van der Waals surface area contributed by atoms with Gasteiger partial charge in [-0.2, -0.15) is 0 Å². The number of halogens is 1. The van der Waals surface area contributed by atoms with Crippen molar-refractivity contribution in [3.8, 4) is 0 Å². The molecule has 5 heteroatoms. The van der Waals surface area contributed by atoms with Crippen molar-refractivity contribution in [1.82, 2.24) is 4.90 Å². The molecule has 0 radical (unpaired) electrons. The van der Waals surface area contributed by atoms with Crippen LogP contribution in [-0.2, 0) is 0 Å². The normalized spacial score (nSPS) is 17.6. The Morgan fingerprint density at radius 3 is 2.78 bits per heavy atom. The third-order valence-corrected chi connectivity index (χ3v) is 4.00. The molecule has 1 heterocycles. The number of hydrogen-bond acceptors (Lipinski definition) is 3. The van der Waals surface area contributed by atoms with E-state index in [-0.39, 0.29) is 0 Å². The van der Waals surface area contributed by atoms with Gasteiger partial charge in [0, 0.05) is 35.4 Å². The monoisotopic (exact) mass is 327 g/mol. The highest BCUT2D eigenvalue weighted by Gasteiger charge is 2.16. The number of benzene rings is 1. The lowest BCUT2D eigenvalue weighted by Crippen LogP contribution is -2.30. The van der Waals surface area contributed by atoms with E-state index in [9.17, 15) is 0 Å². The van der Waals surface area contributed by atoms with Crippen LogP contribution in [0.25, 0.3) is 0 Å². The Hall–Kier alpha value is -0.650. The highest BCUT2D eigenvalue weighted by Crippen LogP contribution is 2.25. The van der Waals surface area contributed by atoms with Crippen molar-refractivity contribution in [2.24, 2.45) is 5.73 Å². The Morgan fingerprint density at radius 1 is 1.28 bits per heavy atom. The topological polar surface area (TPSA) is 32.5 Å². The molecule has 0 atom stereocenters. The van der Waals surface area contributed by atoms with Gasteiger partial charge in [-0.3, -0.25) is 0 Å². The van der Waals surface area contributed by atoms with Gasteiger partial charge in [0.15, 0.2) is 0 Å². The van der Waals surface area contributed by atoms with E-state index >= 15 is 0 Å². The molecule has 0 saturated carbocycles. The molecule has 0 aliphatic carbocycles. The standard InChI is InChI=1S/C13H18BrN3S/c1-16-5-2-6-17(8-7-16)12-4-3-10(14)9-11(12)13(15)18/h3-4,9H,2,5-8H2,1H3,(H2,15,18). The van der Waals surface area contributed by atoms with Crippen molar-refractivity contribution in [3.63, 3.8) is 0 Å². The molecule has 1 aliphatic rings. The summed E-state index contributed by atoms with van der Waals surface area (Å²) in [5.74, 6) is 0. The number of nitrogens with two attached hydrogens (primary N) is 1. The van der Waals surface area contributed by atoms with Gasteiger partial charge < -0.3 is 15.5 Å². The number of likely N-dealkylation sites (N-methyl/N-ethyl adjacent to an activating group) is 1. The SMILES string of the molecule is CN1CCCN(c2ccc(Br)cc2C(N)=S)CC1. The predicted molar refractivity (Wildman–Crippen MR) is 84.4 cm³/mol. The summed E-state index contributed by atoms with van der Waals surface area (Å²) in [4.78, 5) is 5.20. The molecule has 0 bridgehead atoms. The van der Waals surface area contributed by atoms with Gasteiger partial charge in [-0.15, -0.1) is 0 Å². The summed E-state index contributed by atoms with van der Waals surface area (Å²) in [6.45, 7) is 4.30. The zero-order valence-corrected chi connectivity index (χ0v) is 12.9. The number of thiocarbonyl (C=S) groups is 1. The van der Waals surface area contributed by atoms with Crippen LogP contribution in [0.3, 0.4) is 0 Å². The maximum Gasteiger partial charge on any atom is 0.106 e. The van der Waals surface area contributed by atoms with E-state index < -0.39 is 0 Å². The van der Waals surface area contributed by atoms with Gasteiger partial charge in [0.25, 0.3) is 0 Å². The third kappa shape index (κ3) is 3.22. The van der Waals surface area contributed by atoms with E-state index in [1.807, 2.05) is 12.1 Å². The molecule has 2 N–H and O–H groups in total. The van der Waals surface area contributed by atoms with E-state index in [2.05, 4.69) is 38.8 Å². The molecule has 0 amide bonds. The smallest absolute Gasteiger partial charge is 0.106 e. The number of anilines is 1. The Kier molecular flexibility index (Phi) is 4.59. The summed E-state index contributed by atoms with van der Waals surface area (Å²) < 4.78 is 1.01. The van der Waals surface area contributed by atoms with Gasteiger partial charge in [-0.05, 0) is 38.2 Å². The molecule has 1 saturated heterocycles. The van der Waals surface area contributed by atoms with Crippen LogP contribution in [-0.4, -0.2) is 43.1 Å². The first-order valence-electron chi connectivity index (χ1n) is 6.11. The molecule has 1 aromatic carbocycles. The number of hydrogen-bond donors (Lipinski definition) is 1. The summed E-state index contributed by atoms with van der Waals surface area (Å²) in [6.07, 6.45) is 1.17. The van der Waals surface area contributed by atoms with Gasteiger partial charge >= 0.3 is 0 Å². The Labute approximate surface area is 122 Å². The first kappa shape index (κ1) is 13.8. The van der Waals surface area contributed by atoms with Crippen LogP contribution in [0.2, 0.25) is 0 Å². The lowest BCUT2D eigenvalue weighted by atomic mass is 10.1. The molecule has 0 aromatic heterocycles. The van der Waals surface area contributed by atoms with E-state index in [1.165, 1.54) is 6.42 Å². The molecule has 0 spiro atoms. The highest BCUT2D eigenvalue weighted by atomic mass is 79.9. The largest absolute Gasteiger partial charge is 0.389 e. The molecule has 3 nitrogen and oxygen atoms in total. The van der Waals surface area contributed by atoms with Gasteiger partial charge in [0.1, 0.15) is 4.99 Å². The average molecular weight is 328 g/mol. The van der Waals surface area contributed by atoms with Crippen LogP contribution in [0.5, 0.6) is 0 Å². The van der Waals surface area contributed by atoms with E-state index in [0.717, 1.165) is 41.9 Å². The van der Waals surface area contributed by atoms with Crippen LogP contribution in [0, 0.1) is 0 Å². The van der Waals surface area contributed by atoms with Crippen LogP contribution in [0.1, 0.15) is 12.0 Å². The quantitative estimate of drug-likeness (QED) is 0.844. The van der Waals surface area contributed by atoms with E-state index in [0.29, 0.717) is 4.99 Å². The number of nitrogens with zero attached hydrogens (tertiary/aromatic N) is 2. The van der Waals surface area contributed by atoms with Gasteiger partial charge in [-0.25, -0.2) is 0 Å². The highest BCUT2D eigenvalue weighted by molar-refractivity contribution is 9.10. The molecule has 18 heavy (non-hydrogen) atoms. The minimum Gasteiger partial charge on any atom is -0.389 e. The fourth-order valence-electron chi connectivity index (χ4n) is 2.27. The first-order chi connectivity index (χ1) is 8.58. The summed E-state index contributed by atoms with van der Waals surface area (Å²) >= 11 is 8.63. The molecule has 0 unspecified atom stereocenters. The van der Waals surface area contributed by atoms with E-state index in [1.54, 1.807) is 0 Å². The zero-order valence-electron chi connectivity index (χ0n) is 10.5. The summed E-state index contributed by atoms with van der Waals surface area (Å²) in [5, 5.41) is 0. The van der Waals surface area contributed by atoms with Gasteiger partial charge in [0.05, 0.1) is 0 Å². The molecule has 98 valence electrons. The predicted octanol–water partition coefficient (Wildman–Crippen LogP) is 2.23. The van der Waals surface area contributed by atoms with Gasteiger partial charge in [0.2, 0.25) is 0 Å². The second kappa shape index (κ2) is 5.99. The van der Waals surface area contributed by atoms with Crippen LogP contribution < -0.4 is 10.6 Å². The Balaban J connectivity index is 2.29. The minimum atomic E-state index is 0.462. The maximum atomic E-state index is 5.83. The fraction of sp³-hybridized carbons (Fsp3) is 0.462. The van der Waals surface area contributed by atoms with Crippen LogP contribution in [0.15, 0.2) is 22.7 Å². The first-order valence-corrected chi connectivity index (χ1v) is 7.31. The Bertz CT molecular complexity index is 450. The lowest BCUT2D eigenvalue weighted by molar-refractivity contribution is 0.360. The molecular formula is C13H18BrN3S. The molecule has 1 fully saturated rings. The molecule has 1 aliphatic heterocycles. The van der Waals surface area contributed by atoms with Crippen molar-refractivity contribution in [3.05, 3.63) is 28.2 Å². The summed E-state index contributed by atoms with van der Waals surface area (Å²) in [7, 11) is 2.17. The second-order valence-corrected chi connectivity index (χ2v) is 6.03. The Morgan fingerprint density at radius 2 is 2.06 bits per heavy atom. The molecular weight excluding hydrogens is 310 g/mol. The maximum absolute atomic E-state index is 5.83. The van der Waals surface area contributed by atoms with Crippen molar-refractivity contribution < 1.29 is 0 Å². The molecule has 1 aromatic rings.